The standard InChI is InChI=1S/C24H22N2O6S/c1-16-7-11-18(12-8-16)33(30,31)26-24(29)25-20-6-4-3-5-19(20)21(27)13-9-17-10-14-22(28)23(15-17)32-2/h3-15,28H,1-2H3,(H2,25,26,29)/b13-9+. The van der Waals surface area contributed by atoms with Gasteiger partial charge < -0.3 is 15.2 Å². The van der Waals surface area contributed by atoms with E-state index in [9.17, 15) is 23.1 Å². The molecule has 0 fully saturated rings. The number of urea groups is 1. The zero-order chi connectivity index (χ0) is 24.0. The van der Waals surface area contributed by atoms with Crippen LogP contribution in [0.1, 0.15) is 21.5 Å². The first-order chi connectivity index (χ1) is 15.7. The van der Waals surface area contributed by atoms with E-state index in [1.165, 1.54) is 49.6 Å². The molecular weight excluding hydrogens is 444 g/mol. The Morgan fingerprint density at radius 1 is 1.00 bits per heavy atom. The van der Waals surface area contributed by atoms with Crippen LogP contribution < -0.4 is 14.8 Å². The van der Waals surface area contributed by atoms with Crippen LogP contribution in [0.2, 0.25) is 0 Å². The van der Waals surface area contributed by atoms with Gasteiger partial charge in [-0.2, -0.15) is 0 Å². The molecular formula is C24H22N2O6S. The maximum absolute atomic E-state index is 12.7. The smallest absolute Gasteiger partial charge is 0.333 e. The fraction of sp³-hybridized carbons (Fsp3) is 0.0833. The normalized spacial score (nSPS) is 11.2. The number of carbonyl (C=O) groups is 2. The van der Waals surface area contributed by atoms with Crippen LogP contribution in [0, 0.1) is 6.92 Å². The lowest BCUT2D eigenvalue weighted by atomic mass is 10.1. The quantitative estimate of drug-likeness (QED) is 0.356. The Labute approximate surface area is 191 Å². The Kier molecular flexibility index (Phi) is 7.14. The number of methoxy groups -OCH3 is 1. The molecule has 0 bridgehead atoms. The predicted octanol–water partition coefficient (Wildman–Crippen LogP) is 4.12. The maximum Gasteiger partial charge on any atom is 0.333 e. The van der Waals surface area contributed by atoms with E-state index >= 15 is 0 Å². The van der Waals surface area contributed by atoms with Crippen LogP contribution in [0.3, 0.4) is 0 Å². The minimum absolute atomic E-state index is 0.0258. The number of phenols is 1. The molecule has 0 aliphatic heterocycles. The third kappa shape index (κ3) is 5.98. The molecule has 0 atom stereocenters. The molecule has 3 rings (SSSR count). The summed E-state index contributed by atoms with van der Waals surface area (Å²) < 4.78 is 31.8. The Morgan fingerprint density at radius 2 is 1.70 bits per heavy atom. The van der Waals surface area contributed by atoms with Crippen molar-refractivity contribution < 1.29 is 27.9 Å². The van der Waals surface area contributed by atoms with Gasteiger partial charge in [-0.25, -0.2) is 17.9 Å². The number of para-hydroxylation sites is 1. The van der Waals surface area contributed by atoms with Gasteiger partial charge in [0.05, 0.1) is 17.7 Å². The molecule has 0 saturated heterocycles. The molecule has 33 heavy (non-hydrogen) atoms. The van der Waals surface area contributed by atoms with Crippen molar-refractivity contribution >= 4 is 33.6 Å². The van der Waals surface area contributed by atoms with Crippen molar-refractivity contribution in [2.24, 2.45) is 0 Å². The first-order valence-corrected chi connectivity index (χ1v) is 11.3. The minimum Gasteiger partial charge on any atom is -0.504 e. The summed E-state index contributed by atoms with van der Waals surface area (Å²) in [6, 6.07) is 15.9. The van der Waals surface area contributed by atoms with Gasteiger partial charge in [0.25, 0.3) is 10.0 Å². The number of ketones is 1. The molecule has 0 aliphatic carbocycles. The van der Waals surface area contributed by atoms with Gasteiger partial charge in [-0.1, -0.05) is 42.0 Å². The molecule has 0 saturated carbocycles. The van der Waals surface area contributed by atoms with Crippen molar-refractivity contribution in [3.8, 4) is 11.5 Å². The number of aromatic hydroxyl groups is 1. The van der Waals surface area contributed by atoms with Crippen LogP contribution in [-0.2, 0) is 10.0 Å². The number of amides is 2. The summed E-state index contributed by atoms with van der Waals surface area (Å²) in [5.41, 5.74) is 1.81. The number of ether oxygens (including phenoxy) is 1. The second-order valence-corrected chi connectivity index (χ2v) is 8.73. The summed E-state index contributed by atoms with van der Waals surface area (Å²) in [5, 5.41) is 12.1. The lowest BCUT2D eigenvalue weighted by molar-refractivity contribution is 0.104. The number of rotatable bonds is 7. The number of benzene rings is 3. The Morgan fingerprint density at radius 3 is 2.39 bits per heavy atom. The van der Waals surface area contributed by atoms with E-state index in [0.717, 1.165) is 5.56 Å². The van der Waals surface area contributed by atoms with Crippen LogP contribution in [0.25, 0.3) is 6.08 Å². The fourth-order valence-corrected chi connectivity index (χ4v) is 3.82. The highest BCUT2D eigenvalue weighted by Crippen LogP contribution is 2.27. The first kappa shape index (κ1) is 23.6. The minimum atomic E-state index is -4.08. The monoisotopic (exact) mass is 466 g/mol. The van der Waals surface area contributed by atoms with Crippen molar-refractivity contribution in [1.82, 2.24) is 4.72 Å². The summed E-state index contributed by atoms with van der Waals surface area (Å²) in [6.45, 7) is 1.82. The van der Waals surface area contributed by atoms with Crippen LogP contribution in [0.4, 0.5) is 10.5 Å². The number of allylic oxidation sites excluding steroid dienone is 1. The van der Waals surface area contributed by atoms with E-state index in [-0.39, 0.29) is 27.6 Å². The highest BCUT2D eigenvalue weighted by Gasteiger charge is 2.19. The molecule has 0 radical (unpaired) electrons. The fourth-order valence-electron chi connectivity index (χ4n) is 2.91. The molecule has 0 aliphatic rings. The molecule has 0 unspecified atom stereocenters. The molecule has 2 amide bonds. The van der Waals surface area contributed by atoms with E-state index in [0.29, 0.717) is 5.56 Å². The zero-order valence-corrected chi connectivity index (χ0v) is 18.7. The van der Waals surface area contributed by atoms with Gasteiger partial charge in [-0.05, 0) is 55.0 Å². The van der Waals surface area contributed by atoms with Gasteiger partial charge >= 0.3 is 6.03 Å². The number of carbonyl (C=O) groups excluding carboxylic acids is 2. The average Bonchev–Trinajstić information content (AvgIpc) is 2.78. The number of hydrogen-bond donors (Lipinski definition) is 3. The summed E-state index contributed by atoms with van der Waals surface area (Å²) >= 11 is 0. The van der Waals surface area contributed by atoms with Crippen molar-refractivity contribution in [1.29, 1.82) is 0 Å². The van der Waals surface area contributed by atoms with Crippen LogP contribution in [-0.4, -0.2) is 32.4 Å². The molecule has 0 spiro atoms. The van der Waals surface area contributed by atoms with Crippen LogP contribution in [0.15, 0.2) is 77.7 Å². The lowest BCUT2D eigenvalue weighted by Crippen LogP contribution is -2.34. The molecule has 0 heterocycles. The van der Waals surface area contributed by atoms with Crippen molar-refractivity contribution in [3.05, 3.63) is 89.5 Å². The van der Waals surface area contributed by atoms with Gasteiger partial charge in [-0.15, -0.1) is 0 Å². The third-order valence-corrected chi connectivity index (χ3v) is 5.98. The van der Waals surface area contributed by atoms with Crippen LogP contribution in [0.5, 0.6) is 11.5 Å². The van der Waals surface area contributed by atoms with E-state index in [1.54, 1.807) is 36.4 Å². The molecule has 8 nitrogen and oxygen atoms in total. The number of sulfonamides is 1. The second kappa shape index (κ2) is 10.0. The average molecular weight is 467 g/mol. The highest BCUT2D eigenvalue weighted by atomic mass is 32.2. The summed E-state index contributed by atoms with van der Waals surface area (Å²) in [6.07, 6.45) is 2.83. The predicted molar refractivity (Wildman–Crippen MR) is 125 cm³/mol. The summed E-state index contributed by atoms with van der Waals surface area (Å²) in [7, 11) is -2.66. The number of aryl methyl sites for hydroxylation is 1. The van der Waals surface area contributed by atoms with Gasteiger partial charge in [0.2, 0.25) is 0 Å². The third-order valence-electron chi connectivity index (χ3n) is 4.63. The van der Waals surface area contributed by atoms with E-state index in [1.807, 2.05) is 11.6 Å². The number of hydrogen-bond acceptors (Lipinski definition) is 6. The van der Waals surface area contributed by atoms with E-state index < -0.39 is 21.8 Å². The van der Waals surface area contributed by atoms with Gasteiger partial charge in [0, 0.05) is 5.56 Å². The molecule has 9 heteroatoms. The summed E-state index contributed by atoms with van der Waals surface area (Å²) in [5.74, 6) is -0.181. The molecule has 3 N–H and O–H groups in total. The van der Waals surface area contributed by atoms with E-state index in [4.69, 9.17) is 4.74 Å². The van der Waals surface area contributed by atoms with Gasteiger partial charge in [-0.3, -0.25) is 4.79 Å². The first-order valence-electron chi connectivity index (χ1n) is 9.78. The Hall–Kier alpha value is -4.11. The van der Waals surface area contributed by atoms with Gasteiger partial charge in [0.1, 0.15) is 0 Å². The Bertz CT molecular complexity index is 1320. The SMILES string of the molecule is COc1cc(/C=C/C(=O)c2ccccc2NC(=O)NS(=O)(=O)c2ccc(C)cc2)ccc1O. The number of phenolic OH excluding ortho intramolecular Hbond substituents is 1. The highest BCUT2D eigenvalue weighted by molar-refractivity contribution is 7.90. The maximum atomic E-state index is 12.7. The summed E-state index contributed by atoms with van der Waals surface area (Å²) in [4.78, 5) is 25.0. The molecule has 3 aromatic carbocycles. The number of nitrogens with one attached hydrogen (secondary N) is 2. The lowest BCUT2D eigenvalue weighted by Gasteiger charge is -2.11. The van der Waals surface area contributed by atoms with Crippen LogP contribution >= 0.6 is 0 Å². The largest absolute Gasteiger partial charge is 0.504 e. The molecule has 170 valence electrons. The van der Waals surface area contributed by atoms with Gasteiger partial charge in [0.15, 0.2) is 17.3 Å². The molecule has 0 aromatic heterocycles. The second-order valence-electron chi connectivity index (χ2n) is 7.05. The van der Waals surface area contributed by atoms with Crippen molar-refractivity contribution in [2.45, 2.75) is 11.8 Å². The van der Waals surface area contributed by atoms with Crippen molar-refractivity contribution in [2.75, 3.05) is 12.4 Å². The van der Waals surface area contributed by atoms with Crippen molar-refractivity contribution in [3.63, 3.8) is 0 Å². The number of anilines is 1. The van der Waals surface area contributed by atoms with E-state index in [2.05, 4.69) is 5.32 Å². The zero-order valence-electron chi connectivity index (χ0n) is 17.9. The Balaban J connectivity index is 1.75. The molecule has 3 aromatic rings. The topological polar surface area (TPSA) is 122 Å².